The van der Waals surface area contributed by atoms with Crippen LogP contribution in [0.2, 0.25) is 0 Å². The number of hydrogen-bond acceptors (Lipinski definition) is 5. The zero-order valence-electron chi connectivity index (χ0n) is 13.6. The molecule has 0 unspecified atom stereocenters. The summed E-state index contributed by atoms with van der Waals surface area (Å²) in [6.45, 7) is 0.275. The lowest BCUT2D eigenvalue weighted by atomic mass is 10.1. The molecule has 0 spiro atoms. The van der Waals surface area contributed by atoms with Crippen molar-refractivity contribution in [3.8, 4) is 6.07 Å². The van der Waals surface area contributed by atoms with E-state index in [0.717, 1.165) is 31.2 Å². The molecule has 0 radical (unpaired) electrons. The van der Waals surface area contributed by atoms with Crippen LogP contribution in [0.25, 0.3) is 0 Å². The third-order valence-corrected chi connectivity index (χ3v) is 5.10. The van der Waals surface area contributed by atoms with E-state index in [0.29, 0.717) is 10.6 Å². The van der Waals surface area contributed by atoms with Crippen LogP contribution >= 0.6 is 11.3 Å². The minimum atomic E-state index is -0.204. The maximum absolute atomic E-state index is 12.2. The Kier molecular flexibility index (Phi) is 6.13. The van der Waals surface area contributed by atoms with Crippen molar-refractivity contribution in [1.82, 2.24) is 10.2 Å². The van der Waals surface area contributed by atoms with E-state index in [-0.39, 0.29) is 24.9 Å². The van der Waals surface area contributed by atoms with Crippen LogP contribution in [-0.4, -0.2) is 43.9 Å². The molecule has 2 amide bonds. The summed E-state index contributed by atoms with van der Waals surface area (Å²) < 4.78 is 0. The van der Waals surface area contributed by atoms with E-state index in [4.69, 9.17) is 0 Å². The number of likely N-dealkylation sites (N-methyl/N-ethyl adjacent to an activating group) is 2. The van der Waals surface area contributed by atoms with Crippen molar-refractivity contribution in [3.63, 3.8) is 0 Å². The lowest BCUT2D eigenvalue weighted by Gasteiger charge is -2.14. The van der Waals surface area contributed by atoms with Crippen LogP contribution in [0, 0.1) is 11.3 Å². The van der Waals surface area contributed by atoms with Gasteiger partial charge in [0.25, 0.3) is 0 Å². The summed E-state index contributed by atoms with van der Waals surface area (Å²) >= 11 is 1.52. The Bertz CT molecular complexity index is 633. The van der Waals surface area contributed by atoms with Gasteiger partial charge in [0.1, 0.15) is 11.1 Å². The molecule has 0 saturated heterocycles. The first-order chi connectivity index (χ1) is 11.0. The van der Waals surface area contributed by atoms with Crippen LogP contribution in [0.3, 0.4) is 0 Å². The molecule has 6 nitrogen and oxygen atoms in total. The second kappa shape index (κ2) is 8.09. The molecule has 2 rings (SSSR count). The molecule has 0 bridgehead atoms. The maximum Gasteiger partial charge on any atom is 0.239 e. The number of fused-ring (bicyclic) bond motifs is 1. The van der Waals surface area contributed by atoms with E-state index in [2.05, 4.69) is 16.7 Å². The molecule has 1 aromatic rings. The zero-order valence-corrected chi connectivity index (χ0v) is 14.4. The lowest BCUT2D eigenvalue weighted by molar-refractivity contribution is -0.122. The fourth-order valence-electron chi connectivity index (χ4n) is 2.74. The van der Waals surface area contributed by atoms with E-state index >= 15 is 0 Å². The minimum Gasteiger partial charge on any atom is -0.358 e. The maximum atomic E-state index is 12.2. The van der Waals surface area contributed by atoms with Crippen LogP contribution < -0.4 is 10.6 Å². The van der Waals surface area contributed by atoms with E-state index in [1.165, 1.54) is 22.6 Å². The molecule has 1 aliphatic rings. The fourth-order valence-corrected chi connectivity index (χ4v) is 4.00. The molecule has 1 aliphatic carbocycles. The Morgan fingerprint density at radius 2 is 1.91 bits per heavy atom. The number of hydrogen-bond donors (Lipinski definition) is 2. The Morgan fingerprint density at radius 1 is 1.22 bits per heavy atom. The van der Waals surface area contributed by atoms with Gasteiger partial charge < -0.3 is 10.6 Å². The fraction of sp³-hybridized carbons (Fsp3) is 0.562. The number of nitrogens with zero attached hydrogens (tertiary/aromatic N) is 2. The largest absolute Gasteiger partial charge is 0.358 e. The number of aryl methyl sites for hydroxylation is 1. The zero-order chi connectivity index (χ0) is 16.8. The second-order valence-corrected chi connectivity index (χ2v) is 6.88. The van der Waals surface area contributed by atoms with Crippen molar-refractivity contribution in [2.75, 3.05) is 32.5 Å². The number of thiophene rings is 1. The summed E-state index contributed by atoms with van der Waals surface area (Å²) in [4.78, 5) is 26.3. The molecular formula is C16H22N4O2S. The van der Waals surface area contributed by atoms with Gasteiger partial charge in [0.05, 0.1) is 18.7 Å². The number of carbonyl (C=O) groups excluding carboxylic acids is 2. The Balaban J connectivity index is 2.04. The van der Waals surface area contributed by atoms with Gasteiger partial charge in [-0.15, -0.1) is 11.3 Å². The number of rotatable bonds is 5. The van der Waals surface area contributed by atoms with Crippen molar-refractivity contribution in [2.45, 2.75) is 32.1 Å². The van der Waals surface area contributed by atoms with Crippen molar-refractivity contribution < 1.29 is 9.59 Å². The number of amides is 2. The first-order valence-corrected chi connectivity index (χ1v) is 8.60. The average Bonchev–Trinajstić information content (AvgIpc) is 2.67. The first kappa shape index (κ1) is 17.4. The molecule has 1 heterocycles. The molecule has 23 heavy (non-hydrogen) atoms. The summed E-state index contributed by atoms with van der Waals surface area (Å²) in [5, 5.41) is 15.5. The van der Waals surface area contributed by atoms with Gasteiger partial charge in [-0.2, -0.15) is 5.26 Å². The topological polar surface area (TPSA) is 85.2 Å². The van der Waals surface area contributed by atoms with Gasteiger partial charge in [0.2, 0.25) is 11.8 Å². The van der Waals surface area contributed by atoms with Crippen molar-refractivity contribution in [1.29, 1.82) is 5.26 Å². The van der Waals surface area contributed by atoms with Crippen molar-refractivity contribution in [3.05, 3.63) is 16.0 Å². The highest BCUT2D eigenvalue weighted by Crippen LogP contribution is 2.36. The second-order valence-electron chi connectivity index (χ2n) is 5.77. The molecule has 0 aliphatic heterocycles. The molecule has 0 saturated carbocycles. The summed E-state index contributed by atoms with van der Waals surface area (Å²) in [7, 11) is 3.28. The third-order valence-electron chi connectivity index (χ3n) is 3.89. The summed E-state index contributed by atoms with van der Waals surface area (Å²) in [6.07, 6.45) is 5.34. The third kappa shape index (κ3) is 4.53. The summed E-state index contributed by atoms with van der Waals surface area (Å²) in [6, 6.07) is 2.25. The lowest BCUT2D eigenvalue weighted by Crippen LogP contribution is -2.37. The molecule has 1 aromatic heterocycles. The summed E-state index contributed by atoms with van der Waals surface area (Å²) in [5.41, 5.74) is 1.73. The highest BCUT2D eigenvalue weighted by atomic mass is 32.1. The van der Waals surface area contributed by atoms with Crippen LogP contribution in [0.5, 0.6) is 0 Å². The van der Waals surface area contributed by atoms with Gasteiger partial charge in [-0.05, 0) is 38.3 Å². The van der Waals surface area contributed by atoms with Gasteiger partial charge in [-0.1, -0.05) is 6.42 Å². The number of anilines is 1. The molecule has 0 aromatic carbocycles. The Hall–Kier alpha value is -1.91. The van der Waals surface area contributed by atoms with Crippen LogP contribution in [-0.2, 0) is 22.4 Å². The van der Waals surface area contributed by atoms with E-state index < -0.39 is 0 Å². The van der Waals surface area contributed by atoms with Crippen LogP contribution in [0.4, 0.5) is 5.00 Å². The Morgan fingerprint density at radius 3 is 2.61 bits per heavy atom. The SMILES string of the molecule is CNC(=O)CN(C)CC(=O)Nc1sc2c(c1C#N)CCCCC2. The van der Waals surface area contributed by atoms with E-state index in [9.17, 15) is 14.9 Å². The monoisotopic (exact) mass is 334 g/mol. The Labute approximate surface area is 140 Å². The van der Waals surface area contributed by atoms with Crippen molar-refractivity contribution in [2.24, 2.45) is 0 Å². The summed E-state index contributed by atoms with van der Waals surface area (Å²) in [5.74, 6) is -0.342. The number of nitriles is 1. The highest BCUT2D eigenvalue weighted by Gasteiger charge is 2.21. The van der Waals surface area contributed by atoms with Gasteiger partial charge >= 0.3 is 0 Å². The van der Waals surface area contributed by atoms with E-state index in [1.807, 2.05) is 0 Å². The van der Waals surface area contributed by atoms with E-state index in [1.54, 1.807) is 19.0 Å². The molecule has 0 atom stereocenters. The molecule has 124 valence electrons. The average molecular weight is 334 g/mol. The number of carbonyl (C=O) groups is 2. The predicted molar refractivity (Wildman–Crippen MR) is 90.5 cm³/mol. The van der Waals surface area contributed by atoms with Crippen LogP contribution in [0.1, 0.15) is 35.3 Å². The standard InChI is InChI=1S/C16H22N4O2S/c1-18-14(21)9-20(2)10-15(22)19-16-12(8-17)11-6-4-3-5-7-13(11)23-16/h3-7,9-10H2,1-2H3,(H,18,21)(H,19,22). The van der Waals surface area contributed by atoms with Crippen molar-refractivity contribution >= 4 is 28.2 Å². The van der Waals surface area contributed by atoms with Gasteiger partial charge in [-0.25, -0.2) is 0 Å². The first-order valence-electron chi connectivity index (χ1n) is 7.78. The highest BCUT2D eigenvalue weighted by molar-refractivity contribution is 7.16. The number of nitrogens with one attached hydrogen (secondary N) is 2. The van der Waals surface area contributed by atoms with Gasteiger partial charge in [0.15, 0.2) is 0 Å². The minimum absolute atomic E-state index is 0.112. The van der Waals surface area contributed by atoms with Crippen LogP contribution in [0.15, 0.2) is 0 Å². The quantitative estimate of drug-likeness (QED) is 0.799. The smallest absolute Gasteiger partial charge is 0.239 e. The molecule has 2 N–H and O–H groups in total. The van der Waals surface area contributed by atoms with Gasteiger partial charge in [-0.3, -0.25) is 14.5 Å². The molecule has 7 heteroatoms. The van der Waals surface area contributed by atoms with Gasteiger partial charge in [0, 0.05) is 11.9 Å². The normalized spacial score (nSPS) is 13.8. The predicted octanol–water partition coefficient (Wildman–Crippen LogP) is 1.50. The molecular weight excluding hydrogens is 312 g/mol. The molecule has 0 fully saturated rings.